The monoisotopic (exact) mass is 347 g/mol. The number of aliphatic hydroxyl groups excluding tert-OH is 1. The van der Waals surface area contributed by atoms with Crippen LogP contribution in [0.3, 0.4) is 0 Å². The van der Waals surface area contributed by atoms with Crippen molar-refractivity contribution in [2.75, 3.05) is 12.0 Å². The summed E-state index contributed by atoms with van der Waals surface area (Å²) in [5.41, 5.74) is 4.93. The van der Waals surface area contributed by atoms with Gasteiger partial charge in [-0.25, -0.2) is 0 Å². The molecular formula is C22H21NO3. The van der Waals surface area contributed by atoms with E-state index in [9.17, 15) is 9.90 Å². The molecule has 3 rings (SSSR count). The van der Waals surface area contributed by atoms with E-state index in [2.05, 4.69) is 18.9 Å². The molecular weight excluding hydrogens is 326 g/mol. The Morgan fingerprint density at radius 3 is 2.42 bits per heavy atom. The number of anilines is 1. The lowest BCUT2D eigenvalue weighted by molar-refractivity contribution is -0.129. The third-order valence-corrected chi connectivity index (χ3v) is 4.69. The first kappa shape index (κ1) is 17.7. The van der Waals surface area contributed by atoms with Gasteiger partial charge < -0.3 is 14.7 Å². The summed E-state index contributed by atoms with van der Waals surface area (Å²) in [4.78, 5) is 14.2. The molecule has 132 valence electrons. The zero-order valence-electron chi connectivity index (χ0n) is 14.6. The van der Waals surface area contributed by atoms with Crippen LogP contribution in [0.15, 0.2) is 79.6 Å². The maximum absolute atomic E-state index is 12.6. The molecule has 3 atom stereocenters. The van der Waals surface area contributed by atoms with Crippen molar-refractivity contribution < 1.29 is 14.6 Å². The summed E-state index contributed by atoms with van der Waals surface area (Å²) in [6, 6.07) is 16.2. The van der Waals surface area contributed by atoms with Gasteiger partial charge in [0.25, 0.3) is 0 Å². The topological polar surface area (TPSA) is 49.8 Å². The van der Waals surface area contributed by atoms with Gasteiger partial charge in [0, 0.05) is 11.3 Å². The van der Waals surface area contributed by atoms with Gasteiger partial charge in [-0.15, -0.1) is 12.3 Å². The van der Waals surface area contributed by atoms with Crippen LogP contribution in [0.5, 0.6) is 5.75 Å². The van der Waals surface area contributed by atoms with Crippen molar-refractivity contribution in [2.24, 2.45) is 5.92 Å². The minimum Gasteiger partial charge on any atom is -0.497 e. The van der Waals surface area contributed by atoms with E-state index < -0.39 is 18.1 Å². The minimum atomic E-state index is -0.933. The maximum atomic E-state index is 12.6. The van der Waals surface area contributed by atoms with Crippen molar-refractivity contribution in [2.45, 2.75) is 12.1 Å². The smallest absolute Gasteiger partial charge is 0.236 e. The highest BCUT2D eigenvalue weighted by Gasteiger charge is 2.50. The van der Waals surface area contributed by atoms with E-state index in [0.29, 0.717) is 17.0 Å². The van der Waals surface area contributed by atoms with Crippen molar-refractivity contribution in [3.8, 4) is 5.75 Å². The van der Waals surface area contributed by atoms with Gasteiger partial charge in [0.1, 0.15) is 11.9 Å². The van der Waals surface area contributed by atoms with Gasteiger partial charge >= 0.3 is 0 Å². The molecule has 1 amide bonds. The molecule has 0 saturated carbocycles. The van der Waals surface area contributed by atoms with E-state index in [1.807, 2.05) is 30.3 Å². The van der Waals surface area contributed by atoms with E-state index >= 15 is 0 Å². The maximum Gasteiger partial charge on any atom is 0.236 e. The Bertz CT molecular complexity index is 851. The van der Waals surface area contributed by atoms with Crippen molar-refractivity contribution in [1.29, 1.82) is 0 Å². The second-order valence-electron chi connectivity index (χ2n) is 6.06. The third-order valence-electron chi connectivity index (χ3n) is 4.69. The molecule has 1 fully saturated rings. The molecule has 1 N–H and O–H groups in total. The van der Waals surface area contributed by atoms with Gasteiger partial charge in [-0.1, -0.05) is 43.0 Å². The number of rotatable bonds is 6. The van der Waals surface area contributed by atoms with Gasteiger partial charge in [-0.05, 0) is 29.8 Å². The summed E-state index contributed by atoms with van der Waals surface area (Å²) < 4.78 is 5.17. The lowest BCUT2D eigenvalue weighted by atomic mass is 9.79. The molecule has 4 nitrogen and oxygen atoms in total. The third kappa shape index (κ3) is 2.97. The molecule has 0 aliphatic carbocycles. The Balaban J connectivity index is 1.95. The van der Waals surface area contributed by atoms with Gasteiger partial charge in [0.15, 0.2) is 0 Å². The Morgan fingerprint density at radius 2 is 1.88 bits per heavy atom. The molecule has 1 heterocycles. The number of hydrogen-bond acceptors (Lipinski definition) is 3. The van der Waals surface area contributed by atoms with E-state index in [-0.39, 0.29) is 5.91 Å². The summed E-state index contributed by atoms with van der Waals surface area (Å²) in [5.74, 6) is 0.153. The summed E-state index contributed by atoms with van der Waals surface area (Å²) in [6.07, 6.45) is 0.653. The lowest BCUT2D eigenvalue weighted by Crippen LogP contribution is -2.65. The highest BCUT2D eigenvalue weighted by molar-refractivity contribution is 6.05. The molecule has 4 heteroatoms. The summed E-state index contributed by atoms with van der Waals surface area (Å²) in [7, 11) is 1.59. The quantitative estimate of drug-likeness (QED) is 0.495. The molecule has 0 aromatic heterocycles. The van der Waals surface area contributed by atoms with E-state index in [1.165, 1.54) is 0 Å². The molecule has 1 saturated heterocycles. The zero-order valence-corrected chi connectivity index (χ0v) is 14.6. The Morgan fingerprint density at radius 1 is 1.23 bits per heavy atom. The Labute approximate surface area is 153 Å². The fourth-order valence-corrected chi connectivity index (χ4v) is 3.32. The number of nitrogens with zero attached hydrogens (tertiary/aromatic N) is 1. The zero-order chi connectivity index (χ0) is 18.7. The fraction of sp³-hybridized carbons (Fsp3) is 0.182. The van der Waals surface area contributed by atoms with Crippen LogP contribution >= 0.6 is 0 Å². The number of carbonyl (C=O) groups excluding carboxylic acids is 1. The van der Waals surface area contributed by atoms with Crippen LogP contribution in [0.25, 0.3) is 5.57 Å². The average molecular weight is 347 g/mol. The van der Waals surface area contributed by atoms with Gasteiger partial charge in [0.2, 0.25) is 5.91 Å². The molecule has 0 bridgehead atoms. The normalized spacial score (nSPS) is 19.9. The summed E-state index contributed by atoms with van der Waals surface area (Å²) >= 11 is 0. The number of amides is 1. The van der Waals surface area contributed by atoms with Gasteiger partial charge in [0.05, 0.1) is 19.1 Å². The number of methoxy groups -OCH3 is 1. The number of aliphatic hydroxyl groups is 1. The predicted octanol–water partition coefficient (Wildman–Crippen LogP) is 3.44. The molecule has 2 aromatic carbocycles. The first-order valence-corrected chi connectivity index (χ1v) is 8.35. The van der Waals surface area contributed by atoms with Crippen molar-refractivity contribution in [1.82, 2.24) is 0 Å². The largest absolute Gasteiger partial charge is 0.497 e. The first-order chi connectivity index (χ1) is 12.6. The van der Waals surface area contributed by atoms with E-state index in [4.69, 9.17) is 4.74 Å². The molecule has 2 aromatic rings. The highest BCUT2D eigenvalue weighted by Crippen LogP contribution is 2.39. The van der Waals surface area contributed by atoms with E-state index in [0.717, 1.165) is 5.56 Å². The first-order valence-electron chi connectivity index (χ1n) is 8.35. The van der Waals surface area contributed by atoms with Crippen LogP contribution in [-0.2, 0) is 4.79 Å². The molecule has 0 unspecified atom stereocenters. The van der Waals surface area contributed by atoms with Gasteiger partial charge in [-0.2, -0.15) is 0 Å². The highest BCUT2D eigenvalue weighted by atomic mass is 16.5. The lowest BCUT2D eigenvalue weighted by Gasteiger charge is -2.48. The number of ether oxygens (including phenoxy) is 1. The SMILES string of the molecule is C=C=C(c1ccccc1)[C@@H](O)[C@H]1[C@@H](C=C)C(=O)N1c1ccc(OC)cc1. The van der Waals surface area contributed by atoms with Crippen molar-refractivity contribution >= 4 is 17.2 Å². The number of β-lactam (4-membered cyclic amide) rings is 1. The molecule has 26 heavy (non-hydrogen) atoms. The predicted molar refractivity (Wildman–Crippen MR) is 103 cm³/mol. The summed E-state index contributed by atoms with van der Waals surface area (Å²) in [6.45, 7) is 7.48. The molecule has 1 aliphatic heterocycles. The van der Waals surface area contributed by atoms with Crippen LogP contribution in [0.1, 0.15) is 5.56 Å². The van der Waals surface area contributed by atoms with Crippen molar-refractivity contribution in [3.05, 3.63) is 85.1 Å². The van der Waals surface area contributed by atoms with Crippen LogP contribution in [-0.4, -0.2) is 30.3 Å². The van der Waals surface area contributed by atoms with Crippen LogP contribution in [0.2, 0.25) is 0 Å². The Hall–Kier alpha value is -3.07. The van der Waals surface area contributed by atoms with Crippen LogP contribution in [0, 0.1) is 5.92 Å². The second kappa shape index (κ2) is 7.44. The van der Waals surface area contributed by atoms with E-state index in [1.54, 1.807) is 42.4 Å². The minimum absolute atomic E-state index is 0.0920. The second-order valence-corrected chi connectivity index (χ2v) is 6.06. The van der Waals surface area contributed by atoms with Crippen molar-refractivity contribution in [3.63, 3.8) is 0 Å². The van der Waals surface area contributed by atoms with Crippen LogP contribution < -0.4 is 9.64 Å². The average Bonchev–Trinajstić information content (AvgIpc) is 2.68. The molecule has 0 spiro atoms. The van der Waals surface area contributed by atoms with Gasteiger partial charge in [-0.3, -0.25) is 4.79 Å². The standard InChI is InChI=1S/C22H21NO3/c1-4-18(15-9-7-6-8-10-15)21(24)20-19(5-2)22(25)23(20)16-11-13-17(26-3)14-12-16/h5-14,19-21,24H,1-2H2,3H3/t19-,20-,21-/m1/s1. The molecule has 0 radical (unpaired) electrons. The summed E-state index contributed by atoms with van der Waals surface area (Å²) in [5, 5.41) is 11.0. The Kier molecular flexibility index (Phi) is 5.08. The number of carbonyl (C=O) groups is 1. The van der Waals surface area contributed by atoms with Crippen LogP contribution in [0.4, 0.5) is 5.69 Å². The number of benzene rings is 2. The fourth-order valence-electron chi connectivity index (χ4n) is 3.32. The molecule has 1 aliphatic rings. The number of hydrogen-bond donors (Lipinski definition) is 1.